The Morgan fingerprint density at radius 2 is 1.74 bits per heavy atom. The van der Waals surface area contributed by atoms with Crippen molar-refractivity contribution in [3.8, 4) is 17.0 Å². The van der Waals surface area contributed by atoms with Crippen LogP contribution in [0.15, 0.2) is 47.4 Å². The van der Waals surface area contributed by atoms with Crippen LogP contribution < -0.4 is 0 Å². The van der Waals surface area contributed by atoms with E-state index in [-0.39, 0.29) is 22.4 Å². The van der Waals surface area contributed by atoms with Gasteiger partial charge in [0.1, 0.15) is 28.3 Å². The lowest BCUT2D eigenvalue weighted by Gasteiger charge is -2.54. The van der Waals surface area contributed by atoms with Gasteiger partial charge in [-0.15, -0.1) is 0 Å². The highest BCUT2D eigenvalue weighted by Crippen LogP contribution is 2.56. The van der Waals surface area contributed by atoms with E-state index < -0.39 is 100 Å². The molecule has 0 unspecified atom stereocenters. The fourth-order valence-electron chi connectivity index (χ4n) is 5.92. The van der Waals surface area contributed by atoms with Gasteiger partial charge < -0.3 is 46.0 Å². The van der Waals surface area contributed by atoms with Crippen LogP contribution in [0.5, 0.6) is 5.75 Å². The molecule has 5 rings (SSSR count). The molecule has 2 aromatic rings. The van der Waals surface area contributed by atoms with Crippen molar-refractivity contribution in [3.05, 3.63) is 64.1 Å². The first kappa shape index (κ1) is 26.5. The molecule has 13 nitrogen and oxygen atoms in total. The van der Waals surface area contributed by atoms with Crippen LogP contribution >= 0.6 is 0 Å². The number of Topliss-reactive ketones (excluding diaryl/α,β-unsaturated/α-hetero) is 2. The third kappa shape index (κ3) is 3.52. The average molecular weight is 541 g/mol. The van der Waals surface area contributed by atoms with Crippen LogP contribution in [0.4, 0.5) is 0 Å². The predicted octanol–water partition coefficient (Wildman–Crippen LogP) is -0.832. The summed E-state index contributed by atoms with van der Waals surface area (Å²) >= 11 is 0. The molecule has 1 aromatic heterocycles. The molecule has 0 aliphatic heterocycles. The molecule has 3 atom stereocenters. The second kappa shape index (κ2) is 8.43. The number of ketones is 2. The number of hydrogen-bond acceptors (Lipinski definition) is 12. The molecule has 9 N–H and O–H groups in total. The Morgan fingerprint density at radius 1 is 1.05 bits per heavy atom. The Kier molecular flexibility index (Phi) is 5.72. The summed E-state index contributed by atoms with van der Waals surface area (Å²) in [5.41, 5.74) is -11.0. The molecule has 0 spiro atoms. The van der Waals surface area contributed by atoms with Crippen LogP contribution in [-0.4, -0.2) is 91.6 Å². The Hall–Kier alpha value is -4.14. The summed E-state index contributed by atoms with van der Waals surface area (Å²) in [4.78, 5) is 42.0. The molecule has 3 aliphatic rings. The minimum absolute atomic E-state index is 0.0427. The van der Waals surface area contributed by atoms with Crippen molar-refractivity contribution in [1.82, 2.24) is 4.98 Å². The van der Waals surface area contributed by atoms with Gasteiger partial charge in [0.25, 0.3) is 0 Å². The highest BCUT2D eigenvalue weighted by Gasteiger charge is 2.71. The number of aromatic nitrogens is 1. The number of carbonyl (C=O) groups excluding carboxylic acids is 2. The number of benzene rings is 1. The van der Waals surface area contributed by atoms with E-state index in [1.807, 2.05) is 0 Å². The van der Waals surface area contributed by atoms with E-state index in [1.165, 1.54) is 12.3 Å². The number of aliphatic carboxylic acids is 1. The lowest BCUT2D eigenvalue weighted by Crippen LogP contribution is -2.72. The van der Waals surface area contributed by atoms with Crippen LogP contribution in [0, 0.1) is 0 Å². The molecule has 1 fully saturated rings. The van der Waals surface area contributed by atoms with Gasteiger partial charge in [0.15, 0.2) is 17.8 Å². The fraction of sp³-hybridized carbons (Fsp3) is 0.308. The molecular weight excluding hydrogens is 518 g/mol. The summed E-state index contributed by atoms with van der Waals surface area (Å²) in [6.45, 7) is 0. The Morgan fingerprint density at radius 3 is 2.33 bits per heavy atom. The van der Waals surface area contributed by atoms with Crippen molar-refractivity contribution in [2.45, 2.75) is 48.8 Å². The first-order valence-electron chi connectivity index (χ1n) is 11.7. The SMILES string of the molecule is O=C(O)C1=C(O)[C@@]2(O)C(=O)C3=C(O)c4c(O)c(CC(O)O)cc(-c5ccccn5)c4C[C@@]3(O)C[C@@]2(O)CC1=O. The van der Waals surface area contributed by atoms with Crippen molar-refractivity contribution in [2.75, 3.05) is 0 Å². The highest BCUT2D eigenvalue weighted by atomic mass is 16.5. The molecule has 3 aliphatic carbocycles. The molecule has 1 saturated carbocycles. The number of aliphatic hydroxyl groups excluding tert-OH is 3. The van der Waals surface area contributed by atoms with Gasteiger partial charge in [0.05, 0.1) is 16.8 Å². The van der Waals surface area contributed by atoms with E-state index in [0.29, 0.717) is 0 Å². The van der Waals surface area contributed by atoms with Gasteiger partial charge in [-0.25, -0.2) is 4.79 Å². The number of aromatic hydroxyl groups is 1. The van der Waals surface area contributed by atoms with Crippen molar-refractivity contribution in [2.24, 2.45) is 0 Å². The number of aliphatic hydroxyl groups is 7. The summed E-state index contributed by atoms with van der Waals surface area (Å²) < 4.78 is 0. The Labute approximate surface area is 218 Å². The Bertz CT molecular complexity index is 1530. The first-order chi connectivity index (χ1) is 18.2. The molecule has 1 heterocycles. The van der Waals surface area contributed by atoms with Crippen LogP contribution in [0.2, 0.25) is 0 Å². The maximum atomic E-state index is 13.7. The maximum Gasteiger partial charge on any atom is 0.342 e. The third-order valence-corrected chi connectivity index (χ3v) is 7.58. The van der Waals surface area contributed by atoms with E-state index in [1.54, 1.807) is 18.2 Å². The maximum absolute atomic E-state index is 13.7. The smallest absolute Gasteiger partial charge is 0.342 e. The zero-order chi connectivity index (χ0) is 28.7. The lowest BCUT2D eigenvalue weighted by molar-refractivity contribution is -0.200. The largest absolute Gasteiger partial charge is 0.508 e. The van der Waals surface area contributed by atoms with E-state index >= 15 is 0 Å². The second-order valence-electron chi connectivity index (χ2n) is 9.99. The van der Waals surface area contributed by atoms with Gasteiger partial charge in [0.2, 0.25) is 11.4 Å². The van der Waals surface area contributed by atoms with E-state index in [4.69, 9.17) is 0 Å². The van der Waals surface area contributed by atoms with Crippen LogP contribution in [0.3, 0.4) is 0 Å². The van der Waals surface area contributed by atoms with Gasteiger partial charge >= 0.3 is 5.97 Å². The molecule has 204 valence electrons. The lowest BCUT2D eigenvalue weighted by atomic mass is 9.55. The molecule has 1 aromatic carbocycles. The first-order valence-corrected chi connectivity index (χ1v) is 11.7. The number of fused-ring (bicyclic) bond motifs is 3. The minimum atomic E-state index is -3.43. The number of phenolic OH excluding ortho intramolecular Hbond substituents is 1. The quantitative estimate of drug-likeness (QED) is 0.170. The minimum Gasteiger partial charge on any atom is -0.508 e. The number of pyridine rings is 1. The molecule has 0 amide bonds. The number of carbonyl (C=O) groups is 3. The number of carboxylic acids is 1. The standard InChI is InChI=1S/C26H23NO12/c28-14-8-25(38)9-24(37)7-12-11(13-3-1-2-4-27-13)5-10(6-15(29)30)19(31)16(12)20(32)18(24)22(34)26(25,39)21(33)17(14)23(35)36/h1-5,15,29-33,37-39H,6-9H2,(H,35,36)/t24-,25+,26-/m1/s1. The van der Waals surface area contributed by atoms with Crippen molar-refractivity contribution < 1.29 is 60.3 Å². The van der Waals surface area contributed by atoms with Gasteiger partial charge in [-0.2, -0.15) is 0 Å². The molecule has 0 saturated heterocycles. The predicted molar refractivity (Wildman–Crippen MR) is 128 cm³/mol. The molecular formula is C26H23NO12. The topological polar surface area (TPSA) is 246 Å². The third-order valence-electron chi connectivity index (χ3n) is 7.58. The van der Waals surface area contributed by atoms with Crippen LogP contribution in [0.1, 0.15) is 29.5 Å². The summed E-state index contributed by atoms with van der Waals surface area (Å²) in [7, 11) is 0. The van der Waals surface area contributed by atoms with E-state index in [2.05, 4.69) is 4.98 Å². The van der Waals surface area contributed by atoms with E-state index in [0.717, 1.165) is 0 Å². The monoisotopic (exact) mass is 541 g/mol. The summed E-state index contributed by atoms with van der Waals surface area (Å²) in [6, 6.07) is 6.14. The molecule has 13 heteroatoms. The fourth-order valence-corrected chi connectivity index (χ4v) is 5.92. The summed E-state index contributed by atoms with van der Waals surface area (Å²) in [6.07, 6.45) is -3.72. The molecule has 0 radical (unpaired) electrons. The Balaban J connectivity index is 1.83. The van der Waals surface area contributed by atoms with Gasteiger partial charge in [-0.1, -0.05) is 6.07 Å². The van der Waals surface area contributed by atoms with Crippen molar-refractivity contribution >= 4 is 23.3 Å². The number of nitrogens with zero attached hydrogens (tertiary/aromatic N) is 1. The van der Waals surface area contributed by atoms with Crippen LogP contribution in [-0.2, 0) is 27.2 Å². The van der Waals surface area contributed by atoms with Crippen LogP contribution in [0.25, 0.3) is 17.0 Å². The molecule has 39 heavy (non-hydrogen) atoms. The number of rotatable bonds is 4. The zero-order valence-corrected chi connectivity index (χ0v) is 20.0. The number of phenols is 1. The van der Waals surface area contributed by atoms with Gasteiger partial charge in [-0.05, 0) is 23.8 Å². The normalized spacial score (nSPS) is 28.4. The zero-order valence-electron chi connectivity index (χ0n) is 20.0. The molecule has 0 bridgehead atoms. The van der Waals surface area contributed by atoms with Gasteiger partial charge in [0, 0.05) is 43.0 Å². The summed E-state index contributed by atoms with van der Waals surface area (Å²) in [5, 5.41) is 95.7. The van der Waals surface area contributed by atoms with Gasteiger partial charge in [-0.3, -0.25) is 14.6 Å². The van der Waals surface area contributed by atoms with Crippen molar-refractivity contribution in [3.63, 3.8) is 0 Å². The van der Waals surface area contributed by atoms with E-state index in [9.17, 15) is 60.3 Å². The number of hydrogen-bond donors (Lipinski definition) is 9. The highest BCUT2D eigenvalue weighted by molar-refractivity contribution is 6.22. The second-order valence-corrected chi connectivity index (χ2v) is 9.99. The number of carboxylic acid groups (broad SMARTS) is 1. The van der Waals surface area contributed by atoms with Crippen molar-refractivity contribution in [1.29, 1.82) is 0 Å². The summed E-state index contributed by atoms with van der Waals surface area (Å²) in [5.74, 6) is -8.35. The average Bonchev–Trinajstić information content (AvgIpc) is 2.83.